The van der Waals surface area contributed by atoms with Crippen LogP contribution in [0.2, 0.25) is 0 Å². The van der Waals surface area contributed by atoms with E-state index in [-0.39, 0.29) is 25.3 Å². The van der Waals surface area contributed by atoms with Gasteiger partial charge in [0.1, 0.15) is 6.04 Å². The lowest BCUT2D eigenvalue weighted by molar-refractivity contribution is -0.152. The Bertz CT molecular complexity index is 1540. The van der Waals surface area contributed by atoms with E-state index in [0.717, 1.165) is 16.0 Å². The second-order valence-corrected chi connectivity index (χ2v) is 11.5. The maximum Gasteiger partial charge on any atom is 0.329 e. The number of ether oxygens (including phenoxy) is 2. The van der Waals surface area contributed by atoms with Gasteiger partial charge in [0, 0.05) is 34.7 Å². The highest BCUT2D eigenvalue weighted by atomic mass is 32.1. The highest BCUT2D eigenvalue weighted by Crippen LogP contribution is 2.35. The van der Waals surface area contributed by atoms with Gasteiger partial charge in [0.15, 0.2) is 11.6 Å². The summed E-state index contributed by atoms with van der Waals surface area (Å²) < 4.78 is 11.6. The highest BCUT2D eigenvalue weighted by Gasteiger charge is 2.52. The van der Waals surface area contributed by atoms with Crippen LogP contribution in [0.15, 0.2) is 66.0 Å². The van der Waals surface area contributed by atoms with Gasteiger partial charge in [-0.05, 0) is 36.2 Å². The summed E-state index contributed by atoms with van der Waals surface area (Å²) in [5, 5.41) is 15.3. The number of hydrogen-bond acceptors (Lipinski definition) is 9. The third kappa shape index (κ3) is 7.13. The fourth-order valence-electron chi connectivity index (χ4n) is 5.12. The van der Waals surface area contributed by atoms with Crippen molar-refractivity contribution in [3.8, 4) is 11.1 Å². The number of amidine groups is 1. The lowest BCUT2D eigenvalue weighted by Gasteiger charge is -2.25. The molecular weight excluding hydrogens is 586 g/mol. The van der Waals surface area contributed by atoms with Crippen LogP contribution < -0.4 is 16.1 Å². The standard InChI is InChI=1S/C31H33N5O7S/c1-19(26-14-24(17-44-26)28(32)35-43-20(2)37)34-30(40)25-15-31(41-12-13-42-31)18-36(25)27(38)16-33-29(39)23-10-8-22(9-11-23)21-6-4-3-5-7-21/h3-11,14,17,19,25H,12-13,15-16,18H2,1-2H3,(H2,32,35)(H,33,39)(H,34,40)/t19?,25-/m0/s1. The van der Waals surface area contributed by atoms with E-state index >= 15 is 0 Å². The molecule has 12 nitrogen and oxygen atoms in total. The molecule has 3 amide bonds. The van der Waals surface area contributed by atoms with E-state index in [1.54, 1.807) is 30.5 Å². The SMILES string of the molecule is CC(=O)ONC(=N)c1csc(C(C)NC(=O)[C@@H]2CC3(CN2C(=O)CNC(=O)c2ccc(-c4ccccc4)cc2)OCCO3)c1. The molecule has 13 heteroatoms. The van der Waals surface area contributed by atoms with Crippen LogP contribution in [0.3, 0.4) is 0 Å². The molecule has 0 aliphatic carbocycles. The first kappa shape index (κ1) is 30.9. The Hall–Kier alpha value is -4.59. The van der Waals surface area contributed by atoms with Gasteiger partial charge in [-0.1, -0.05) is 42.5 Å². The van der Waals surface area contributed by atoms with E-state index in [0.29, 0.717) is 24.3 Å². The van der Waals surface area contributed by atoms with E-state index in [1.165, 1.54) is 23.2 Å². The van der Waals surface area contributed by atoms with Gasteiger partial charge in [-0.3, -0.25) is 24.6 Å². The van der Waals surface area contributed by atoms with Gasteiger partial charge in [0.25, 0.3) is 5.91 Å². The maximum atomic E-state index is 13.5. The molecule has 5 rings (SSSR count). The van der Waals surface area contributed by atoms with Gasteiger partial charge in [-0.25, -0.2) is 5.48 Å². The minimum absolute atomic E-state index is 0.0576. The Morgan fingerprint density at radius 2 is 1.73 bits per heavy atom. The number of likely N-dealkylation sites (tertiary alicyclic amines) is 1. The normalized spacial score (nSPS) is 17.6. The van der Waals surface area contributed by atoms with Crippen LogP contribution in [0.4, 0.5) is 0 Å². The van der Waals surface area contributed by atoms with Crippen molar-refractivity contribution in [1.82, 2.24) is 21.0 Å². The van der Waals surface area contributed by atoms with Crippen molar-refractivity contribution < 1.29 is 33.5 Å². The summed E-state index contributed by atoms with van der Waals surface area (Å²) >= 11 is 1.33. The zero-order valence-electron chi connectivity index (χ0n) is 24.3. The number of hydroxylamine groups is 1. The van der Waals surface area contributed by atoms with Crippen molar-refractivity contribution >= 4 is 40.9 Å². The summed E-state index contributed by atoms with van der Waals surface area (Å²) in [6, 6.07) is 17.3. The number of thiophene rings is 1. The van der Waals surface area contributed by atoms with Crippen LogP contribution in [0.1, 0.15) is 47.1 Å². The molecule has 4 N–H and O–H groups in total. The molecule has 230 valence electrons. The van der Waals surface area contributed by atoms with Crippen LogP contribution in [-0.2, 0) is 28.7 Å². The predicted octanol–water partition coefficient (Wildman–Crippen LogP) is 2.76. The zero-order valence-corrected chi connectivity index (χ0v) is 25.1. The number of nitrogens with zero attached hydrogens (tertiary/aromatic N) is 1. The first-order valence-corrected chi connectivity index (χ1v) is 14.9. The van der Waals surface area contributed by atoms with E-state index in [9.17, 15) is 19.2 Å². The van der Waals surface area contributed by atoms with Crippen LogP contribution in [-0.4, -0.2) is 72.6 Å². The largest absolute Gasteiger partial charge is 0.347 e. The molecule has 2 fully saturated rings. The smallest absolute Gasteiger partial charge is 0.329 e. The van der Waals surface area contributed by atoms with Crippen LogP contribution in [0, 0.1) is 5.41 Å². The quantitative estimate of drug-likeness (QED) is 0.170. The van der Waals surface area contributed by atoms with E-state index in [1.807, 2.05) is 42.5 Å². The number of amides is 3. The molecule has 44 heavy (non-hydrogen) atoms. The molecule has 1 aromatic heterocycles. The average Bonchev–Trinajstić information content (AvgIpc) is 3.80. The van der Waals surface area contributed by atoms with E-state index in [4.69, 9.17) is 14.9 Å². The number of benzene rings is 2. The molecule has 2 atom stereocenters. The third-order valence-electron chi connectivity index (χ3n) is 7.37. The van der Waals surface area contributed by atoms with Crippen LogP contribution >= 0.6 is 11.3 Å². The van der Waals surface area contributed by atoms with Gasteiger partial charge in [-0.15, -0.1) is 11.3 Å². The Labute approximate surface area is 258 Å². The molecule has 2 aromatic carbocycles. The number of nitrogens with one attached hydrogen (secondary N) is 4. The molecular formula is C31H33N5O7S. The van der Waals surface area contributed by atoms with Crippen molar-refractivity contribution in [2.45, 2.75) is 38.1 Å². The van der Waals surface area contributed by atoms with Crippen molar-refractivity contribution in [3.05, 3.63) is 82.0 Å². The van der Waals surface area contributed by atoms with Crippen molar-refractivity contribution in [2.75, 3.05) is 26.3 Å². The third-order valence-corrected chi connectivity index (χ3v) is 8.49. The number of carbonyl (C=O) groups is 4. The molecule has 1 unspecified atom stereocenters. The fraction of sp³-hybridized carbons (Fsp3) is 0.323. The molecule has 0 bridgehead atoms. The molecule has 2 aliphatic rings. The van der Waals surface area contributed by atoms with Gasteiger partial charge in [0.05, 0.1) is 32.3 Å². The van der Waals surface area contributed by atoms with E-state index in [2.05, 4.69) is 21.0 Å². The Morgan fingerprint density at radius 3 is 2.41 bits per heavy atom. The second kappa shape index (κ2) is 13.4. The molecule has 2 saturated heterocycles. The van der Waals surface area contributed by atoms with Crippen molar-refractivity contribution in [3.63, 3.8) is 0 Å². The molecule has 3 heterocycles. The van der Waals surface area contributed by atoms with E-state index < -0.39 is 41.6 Å². The Balaban J connectivity index is 1.21. The lowest BCUT2D eigenvalue weighted by atomic mass is 10.0. The zero-order chi connectivity index (χ0) is 31.3. The minimum Gasteiger partial charge on any atom is -0.347 e. The molecule has 2 aliphatic heterocycles. The lowest BCUT2D eigenvalue weighted by Crippen LogP contribution is -2.49. The van der Waals surface area contributed by atoms with Gasteiger partial charge >= 0.3 is 5.97 Å². The summed E-state index contributed by atoms with van der Waals surface area (Å²) in [5.41, 5.74) is 5.17. The monoisotopic (exact) mass is 619 g/mol. The maximum absolute atomic E-state index is 13.5. The van der Waals surface area contributed by atoms with Crippen molar-refractivity contribution in [2.24, 2.45) is 0 Å². The summed E-state index contributed by atoms with van der Waals surface area (Å²) in [7, 11) is 0. The van der Waals surface area contributed by atoms with Crippen LogP contribution in [0.5, 0.6) is 0 Å². The average molecular weight is 620 g/mol. The number of rotatable bonds is 8. The molecule has 1 spiro atoms. The van der Waals surface area contributed by atoms with Gasteiger partial charge in [-0.2, -0.15) is 0 Å². The topological polar surface area (TPSA) is 159 Å². The Morgan fingerprint density at radius 1 is 1.05 bits per heavy atom. The van der Waals surface area contributed by atoms with Crippen molar-refractivity contribution in [1.29, 1.82) is 5.41 Å². The summed E-state index contributed by atoms with van der Waals surface area (Å²) in [4.78, 5) is 57.5. The fourth-order valence-corrected chi connectivity index (χ4v) is 6.03. The number of hydrogen-bond donors (Lipinski definition) is 4. The first-order valence-electron chi connectivity index (χ1n) is 14.1. The minimum atomic E-state index is -1.08. The molecule has 3 aromatic rings. The van der Waals surface area contributed by atoms with Gasteiger partial charge in [0.2, 0.25) is 11.8 Å². The molecule has 0 radical (unpaired) electrons. The summed E-state index contributed by atoms with van der Waals surface area (Å²) in [6.45, 7) is 3.47. The van der Waals surface area contributed by atoms with Gasteiger partial charge < -0.3 is 29.8 Å². The first-order chi connectivity index (χ1) is 21.1. The number of carbonyl (C=O) groups excluding carboxylic acids is 4. The summed E-state index contributed by atoms with van der Waals surface area (Å²) in [5.74, 6) is -2.99. The summed E-state index contributed by atoms with van der Waals surface area (Å²) in [6.07, 6.45) is 0.152. The van der Waals surface area contributed by atoms with Crippen LogP contribution in [0.25, 0.3) is 11.1 Å². The molecule has 0 saturated carbocycles. The predicted molar refractivity (Wildman–Crippen MR) is 162 cm³/mol. The second-order valence-electron chi connectivity index (χ2n) is 10.5. The Kier molecular flexibility index (Phi) is 9.37. The highest BCUT2D eigenvalue weighted by molar-refractivity contribution is 7.10.